The second kappa shape index (κ2) is 11.0. The van der Waals surface area contributed by atoms with Crippen molar-refractivity contribution in [2.24, 2.45) is 0 Å². The largest absolute Gasteiger partial charge is 0.493 e. The Balaban J connectivity index is 2.30. The van der Waals surface area contributed by atoms with Gasteiger partial charge in [0, 0.05) is 9.92 Å². The first-order valence-electron chi connectivity index (χ1n) is 10.2. The molecule has 3 aromatic rings. The highest BCUT2D eigenvalue weighted by Gasteiger charge is 2.30. The Morgan fingerprint density at radius 2 is 1.73 bits per heavy atom. The zero-order valence-corrected chi connectivity index (χ0v) is 19.7. The van der Waals surface area contributed by atoms with Crippen molar-refractivity contribution in [2.75, 3.05) is 12.4 Å². The number of benzene rings is 2. The van der Waals surface area contributed by atoms with Crippen LogP contribution in [0.4, 0.5) is 0 Å². The van der Waals surface area contributed by atoms with Gasteiger partial charge >= 0.3 is 5.97 Å². The highest BCUT2D eigenvalue weighted by Crippen LogP contribution is 2.34. The molecule has 3 rings (SSSR count). The lowest BCUT2D eigenvalue weighted by Gasteiger charge is -2.18. The van der Waals surface area contributed by atoms with Crippen molar-refractivity contribution in [3.63, 3.8) is 0 Å². The van der Waals surface area contributed by atoms with Crippen LogP contribution >= 0.6 is 23.4 Å². The minimum atomic E-state index is -0.824. The molecule has 0 aliphatic heterocycles. The molecule has 33 heavy (non-hydrogen) atoms. The van der Waals surface area contributed by atoms with E-state index in [0.29, 0.717) is 10.8 Å². The van der Waals surface area contributed by atoms with Crippen LogP contribution < -0.4 is 5.56 Å². The van der Waals surface area contributed by atoms with Gasteiger partial charge in [-0.2, -0.15) is 0 Å². The molecule has 1 N–H and O–H groups in total. The molecule has 2 aromatic carbocycles. The summed E-state index contributed by atoms with van der Waals surface area (Å²) in [6, 6.07) is 15.3. The molecule has 1 heterocycles. The average Bonchev–Trinajstić information content (AvgIpc) is 2.80. The fourth-order valence-corrected chi connectivity index (χ4v) is 4.25. The van der Waals surface area contributed by atoms with Crippen LogP contribution in [-0.2, 0) is 4.74 Å². The molecule has 0 unspecified atom stereocenters. The summed E-state index contributed by atoms with van der Waals surface area (Å²) >= 11 is 7.08. The molecular formula is C25H22ClNO5S. The molecule has 6 nitrogen and oxygen atoms in total. The summed E-state index contributed by atoms with van der Waals surface area (Å²) < 4.78 is 6.05. The molecule has 0 saturated carbocycles. The van der Waals surface area contributed by atoms with Crippen LogP contribution in [0.15, 0.2) is 70.4 Å². The van der Waals surface area contributed by atoms with Gasteiger partial charge < -0.3 is 9.84 Å². The molecule has 0 aliphatic rings. The van der Waals surface area contributed by atoms with Crippen molar-refractivity contribution >= 4 is 41.2 Å². The molecule has 170 valence electrons. The summed E-state index contributed by atoms with van der Waals surface area (Å²) in [7, 11) is 0. The zero-order chi connectivity index (χ0) is 24.0. The van der Waals surface area contributed by atoms with Crippen molar-refractivity contribution in [3.8, 4) is 11.6 Å². The molecule has 0 bridgehead atoms. The molecule has 0 saturated heterocycles. The number of ether oxygens (including phenoxy) is 1. The quantitative estimate of drug-likeness (QED) is 0.200. The predicted octanol–water partition coefficient (Wildman–Crippen LogP) is 5.38. The number of carbonyl (C=O) groups excluding carboxylic acids is 2. The van der Waals surface area contributed by atoms with Gasteiger partial charge in [0.1, 0.15) is 11.1 Å². The Labute approximate surface area is 200 Å². The number of carbonyl (C=O) groups is 2. The smallest absolute Gasteiger partial charge is 0.344 e. The van der Waals surface area contributed by atoms with Crippen molar-refractivity contribution < 1.29 is 19.4 Å². The molecule has 0 spiro atoms. The van der Waals surface area contributed by atoms with Crippen LogP contribution in [0.5, 0.6) is 5.88 Å². The number of ketones is 1. The third-order valence-corrected chi connectivity index (χ3v) is 5.87. The Kier molecular flexibility index (Phi) is 8.14. The topological polar surface area (TPSA) is 85.6 Å². The van der Waals surface area contributed by atoms with Gasteiger partial charge in [0.05, 0.1) is 12.3 Å². The van der Waals surface area contributed by atoms with E-state index >= 15 is 0 Å². The van der Waals surface area contributed by atoms with E-state index in [2.05, 4.69) is 0 Å². The van der Waals surface area contributed by atoms with E-state index < -0.39 is 23.2 Å². The Morgan fingerprint density at radius 3 is 2.33 bits per heavy atom. The normalized spacial score (nSPS) is 11.0. The fraction of sp³-hybridized carbons (Fsp3) is 0.160. The van der Waals surface area contributed by atoms with Crippen LogP contribution in [0.25, 0.3) is 11.8 Å². The predicted molar refractivity (Wildman–Crippen MR) is 131 cm³/mol. The number of esters is 1. The van der Waals surface area contributed by atoms with Crippen LogP contribution in [-0.4, -0.2) is 33.8 Å². The van der Waals surface area contributed by atoms with E-state index in [-0.39, 0.29) is 28.3 Å². The number of pyridine rings is 1. The van der Waals surface area contributed by atoms with Crippen LogP contribution in [0.2, 0.25) is 5.02 Å². The van der Waals surface area contributed by atoms with Gasteiger partial charge in [-0.1, -0.05) is 54.9 Å². The second-order valence-electron chi connectivity index (χ2n) is 6.78. The number of hydrogen-bond donors (Lipinski definition) is 1. The third kappa shape index (κ3) is 5.38. The van der Waals surface area contributed by atoms with Crippen molar-refractivity contribution in [1.29, 1.82) is 0 Å². The Hall–Kier alpha value is -3.29. The molecule has 0 radical (unpaired) electrons. The van der Waals surface area contributed by atoms with E-state index in [1.54, 1.807) is 13.0 Å². The lowest BCUT2D eigenvalue weighted by molar-refractivity contribution is 0.0517. The van der Waals surface area contributed by atoms with Crippen molar-refractivity contribution in [2.45, 2.75) is 18.7 Å². The van der Waals surface area contributed by atoms with Crippen molar-refractivity contribution in [3.05, 3.63) is 92.7 Å². The van der Waals surface area contributed by atoms with Gasteiger partial charge in [0.25, 0.3) is 5.56 Å². The van der Waals surface area contributed by atoms with Gasteiger partial charge in [-0.15, -0.1) is 11.8 Å². The molecule has 0 amide bonds. The van der Waals surface area contributed by atoms with Gasteiger partial charge in [-0.25, -0.2) is 9.36 Å². The first-order valence-corrected chi connectivity index (χ1v) is 11.6. The number of aromatic hydroxyl groups is 1. The minimum Gasteiger partial charge on any atom is -0.493 e. The number of halogens is 1. The van der Waals surface area contributed by atoms with Gasteiger partial charge in [-0.05, 0) is 48.6 Å². The third-order valence-electron chi connectivity index (χ3n) is 4.63. The maximum Gasteiger partial charge on any atom is 0.344 e. The number of aromatic nitrogens is 1. The van der Waals surface area contributed by atoms with E-state index in [1.807, 2.05) is 37.3 Å². The SMILES string of the molecule is CCOC(=O)c1c(SCC)c(C(=O)/C=C/c2ccccc2)c(=O)n(-c2ccc(Cl)cc2)c1O. The first kappa shape index (κ1) is 24.4. The maximum atomic E-state index is 13.5. The molecular weight excluding hydrogens is 462 g/mol. The van der Waals surface area contributed by atoms with E-state index in [1.165, 1.54) is 30.3 Å². The van der Waals surface area contributed by atoms with Gasteiger partial charge in [-0.3, -0.25) is 9.59 Å². The van der Waals surface area contributed by atoms with Gasteiger partial charge in [0.15, 0.2) is 5.78 Å². The van der Waals surface area contributed by atoms with E-state index in [4.69, 9.17) is 16.3 Å². The Morgan fingerprint density at radius 1 is 1.06 bits per heavy atom. The van der Waals surface area contributed by atoms with Crippen molar-refractivity contribution in [1.82, 2.24) is 4.57 Å². The summed E-state index contributed by atoms with van der Waals surface area (Å²) in [5, 5.41) is 11.4. The highest BCUT2D eigenvalue weighted by molar-refractivity contribution is 7.99. The maximum absolute atomic E-state index is 13.5. The first-order chi connectivity index (χ1) is 15.9. The molecule has 0 fully saturated rings. The minimum absolute atomic E-state index is 0.0613. The summed E-state index contributed by atoms with van der Waals surface area (Å²) in [6.45, 7) is 3.51. The summed E-state index contributed by atoms with van der Waals surface area (Å²) in [4.78, 5) is 39.6. The molecule has 8 heteroatoms. The van der Waals surface area contributed by atoms with E-state index in [0.717, 1.165) is 21.9 Å². The fourth-order valence-electron chi connectivity index (χ4n) is 3.19. The number of rotatable bonds is 8. The summed E-state index contributed by atoms with van der Waals surface area (Å²) in [6.07, 6.45) is 2.87. The number of nitrogens with zero attached hydrogens (tertiary/aromatic N) is 1. The molecule has 1 aromatic heterocycles. The van der Waals surface area contributed by atoms with E-state index in [9.17, 15) is 19.5 Å². The molecule has 0 atom stereocenters. The number of allylic oxidation sites excluding steroid dienone is 1. The summed E-state index contributed by atoms with van der Waals surface area (Å²) in [5.41, 5.74) is -0.166. The highest BCUT2D eigenvalue weighted by atomic mass is 35.5. The Bertz CT molecular complexity index is 1250. The number of hydrogen-bond acceptors (Lipinski definition) is 6. The van der Waals surface area contributed by atoms with Crippen LogP contribution in [0, 0.1) is 0 Å². The lowest BCUT2D eigenvalue weighted by Crippen LogP contribution is -2.29. The zero-order valence-electron chi connectivity index (χ0n) is 18.1. The monoisotopic (exact) mass is 483 g/mol. The standard InChI is InChI=1S/C25H22ClNO5S/c1-3-32-25(31)21-22(33-4-2)20(19(28)15-10-16-8-6-5-7-9-16)23(29)27(24(21)30)18-13-11-17(26)12-14-18/h5-15,30H,3-4H2,1-2H3/b15-10+. The lowest BCUT2D eigenvalue weighted by atomic mass is 10.1. The van der Waals surface area contributed by atoms with Crippen LogP contribution in [0.3, 0.4) is 0 Å². The molecule has 0 aliphatic carbocycles. The second-order valence-corrected chi connectivity index (χ2v) is 8.49. The van der Waals surface area contributed by atoms with Crippen LogP contribution in [0.1, 0.15) is 40.1 Å². The average molecular weight is 484 g/mol. The summed E-state index contributed by atoms with van der Waals surface area (Å²) in [5.74, 6) is -1.55. The van der Waals surface area contributed by atoms with Gasteiger partial charge in [0.2, 0.25) is 5.88 Å². The number of thioether (sulfide) groups is 1.